The molecule has 3 aliphatic carbocycles. The topological polar surface area (TPSA) is 46.6 Å². The van der Waals surface area contributed by atoms with Crippen molar-refractivity contribution in [3.63, 3.8) is 0 Å². The van der Waals surface area contributed by atoms with Crippen molar-refractivity contribution in [3.8, 4) is 5.75 Å². The average molecular weight is 424 g/mol. The Morgan fingerprint density at radius 1 is 0.844 bits per heavy atom. The lowest BCUT2D eigenvalue weighted by Gasteiger charge is -2.52. The van der Waals surface area contributed by atoms with E-state index in [1.807, 2.05) is 48.5 Å². The highest BCUT2D eigenvalue weighted by atomic mass is 16.5. The lowest BCUT2D eigenvalue weighted by molar-refractivity contribution is -0.123. The maximum Gasteiger partial charge on any atom is 0.238 e. The Kier molecular flexibility index (Phi) is 4.10. The zero-order chi connectivity index (χ0) is 22.0. The second-order valence-corrected chi connectivity index (χ2v) is 9.21. The SMILES string of the molecule is CCCOc1ccc(N2C(=O)[C@H]3C4c5ccccc5C(C)(c5ccccc54)[C@H]3C2=O)cc1. The minimum Gasteiger partial charge on any atom is -0.494 e. The van der Waals surface area contributed by atoms with Gasteiger partial charge in [0.1, 0.15) is 5.75 Å². The number of rotatable bonds is 4. The summed E-state index contributed by atoms with van der Waals surface area (Å²) >= 11 is 0. The number of anilines is 1. The lowest BCUT2D eigenvalue weighted by Crippen LogP contribution is -2.51. The number of carbonyl (C=O) groups is 2. The van der Waals surface area contributed by atoms with Gasteiger partial charge in [-0.25, -0.2) is 4.90 Å². The molecule has 0 radical (unpaired) electrons. The second kappa shape index (κ2) is 6.80. The number of ether oxygens (including phenoxy) is 1. The Balaban J connectivity index is 1.48. The molecular weight excluding hydrogens is 398 g/mol. The predicted octanol–water partition coefficient (Wildman–Crippen LogP) is 5.05. The summed E-state index contributed by atoms with van der Waals surface area (Å²) in [6.07, 6.45) is 0.926. The molecule has 32 heavy (non-hydrogen) atoms. The zero-order valence-corrected chi connectivity index (χ0v) is 18.2. The Hall–Kier alpha value is -3.40. The van der Waals surface area contributed by atoms with Gasteiger partial charge in [-0.3, -0.25) is 9.59 Å². The van der Waals surface area contributed by atoms with Gasteiger partial charge in [-0.15, -0.1) is 0 Å². The first kappa shape index (κ1) is 19.3. The number of hydrogen-bond donors (Lipinski definition) is 0. The molecule has 3 aromatic carbocycles. The van der Waals surface area contributed by atoms with E-state index in [1.54, 1.807) is 0 Å². The quantitative estimate of drug-likeness (QED) is 0.552. The van der Waals surface area contributed by atoms with Crippen molar-refractivity contribution in [1.29, 1.82) is 0 Å². The fraction of sp³-hybridized carbons (Fsp3) is 0.286. The third-order valence-electron chi connectivity index (χ3n) is 7.61. The molecule has 2 bridgehead atoms. The first-order valence-electron chi connectivity index (χ1n) is 11.4. The molecular formula is C28H25NO3. The third kappa shape index (κ3) is 2.32. The van der Waals surface area contributed by atoms with Gasteiger partial charge in [0, 0.05) is 11.3 Å². The molecule has 1 aliphatic heterocycles. The van der Waals surface area contributed by atoms with Crippen LogP contribution in [0.4, 0.5) is 5.69 Å². The average Bonchev–Trinajstić information content (AvgIpc) is 3.10. The molecule has 4 nitrogen and oxygen atoms in total. The number of amides is 2. The molecule has 0 aromatic heterocycles. The maximum atomic E-state index is 13.9. The van der Waals surface area contributed by atoms with Crippen molar-refractivity contribution in [2.45, 2.75) is 31.6 Å². The van der Waals surface area contributed by atoms with Gasteiger partial charge in [-0.1, -0.05) is 62.4 Å². The molecule has 2 atom stereocenters. The van der Waals surface area contributed by atoms with Gasteiger partial charge in [-0.2, -0.15) is 0 Å². The summed E-state index contributed by atoms with van der Waals surface area (Å²) in [5.74, 6) is -0.322. The van der Waals surface area contributed by atoms with Gasteiger partial charge in [0.05, 0.1) is 24.1 Å². The van der Waals surface area contributed by atoms with E-state index in [9.17, 15) is 9.59 Å². The molecule has 2 amide bonds. The molecule has 0 N–H and O–H groups in total. The van der Waals surface area contributed by atoms with Crippen molar-refractivity contribution in [3.05, 3.63) is 95.1 Å². The van der Waals surface area contributed by atoms with Crippen molar-refractivity contribution >= 4 is 17.5 Å². The van der Waals surface area contributed by atoms with Crippen molar-refractivity contribution < 1.29 is 14.3 Å². The second-order valence-electron chi connectivity index (χ2n) is 9.21. The lowest BCUT2D eigenvalue weighted by atomic mass is 9.48. The molecule has 3 aromatic rings. The van der Waals surface area contributed by atoms with E-state index in [1.165, 1.54) is 27.2 Å². The zero-order valence-electron chi connectivity index (χ0n) is 18.2. The standard InChI is InChI=1S/C28H25NO3/c1-3-16-32-18-14-12-17(13-15-18)29-26(30)24-23-19-8-4-6-10-21(19)28(2,25(24)27(29)31)22-11-7-5-9-20(22)23/h4-15,23-25H,3,16H2,1-2H3/t23?,24-,25+,28?/m0/s1. The van der Waals surface area contributed by atoms with Gasteiger partial charge in [0.15, 0.2) is 0 Å². The molecule has 7 rings (SSSR count). The first-order valence-corrected chi connectivity index (χ1v) is 11.4. The van der Waals surface area contributed by atoms with Gasteiger partial charge in [-0.05, 0) is 52.9 Å². The van der Waals surface area contributed by atoms with Crippen LogP contribution in [0.3, 0.4) is 0 Å². The Bertz CT molecular complexity index is 1200. The smallest absolute Gasteiger partial charge is 0.238 e. The molecule has 0 unspecified atom stereocenters. The minimum absolute atomic E-state index is 0.0946. The molecule has 1 saturated heterocycles. The monoisotopic (exact) mass is 423 g/mol. The van der Waals surface area contributed by atoms with Crippen LogP contribution in [0.5, 0.6) is 5.75 Å². The van der Waals surface area contributed by atoms with E-state index in [-0.39, 0.29) is 23.7 Å². The van der Waals surface area contributed by atoms with Gasteiger partial charge in [0.2, 0.25) is 11.8 Å². The summed E-state index contributed by atoms with van der Waals surface area (Å²) in [6.45, 7) is 4.85. The summed E-state index contributed by atoms with van der Waals surface area (Å²) in [7, 11) is 0. The minimum atomic E-state index is -0.529. The highest BCUT2D eigenvalue weighted by Gasteiger charge is 2.66. The fourth-order valence-electron chi connectivity index (χ4n) is 6.32. The van der Waals surface area contributed by atoms with Crippen LogP contribution in [0, 0.1) is 11.8 Å². The number of hydrogen-bond acceptors (Lipinski definition) is 3. The number of imide groups is 1. The van der Waals surface area contributed by atoms with Crippen LogP contribution >= 0.6 is 0 Å². The maximum absolute atomic E-state index is 13.9. The summed E-state index contributed by atoms with van der Waals surface area (Å²) in [5.41, 5.74) is 4.81. The van der Waals surface area contributed by atoms with Gasteiger partial charge in [0.25, 0.3) is 0 Å². The summed E-state index contributed by atoms with van der Waals surface area (Å²) < 4.78 is 5.68. The molecule has 1 heterocycles. The van der Waals surface area contributed by atoms with Crippen LogP contribution < -0.4 is 9.64 Å². The number of nitrogens with zero attached hydrogens (tertiary/aromatic N) is 1. The summed E-state index contributed by atoms with van der Waals surface area (Å²) in [6, 6.07) is 24.0. The summed E-state index contributed by atoms with van der Waals surface area (Å²) in [4.78, 5) is 29.1. The van der Waals surface area contributed by atoms with E-state index in [0.717, 1.165) is 12.2 Å². The van der Waals surface area contributed by atoms with E-state index in [2.05, 4.69) is 38.1 Å². The van der Waals surface area contributed by atoms with Crippen molar-refractivity contribution in [2.75, 3.05) is 11.5 Å². The van der Waals surface area contributed by atoms with Gasteiger partial charge < -0.3 is 4.74 Å². The van der Waals surface area contributed by atoms with Crippen LogP contribution in [0.1, 0.15) is 48.4 Å². The van der Waals surface area contributed by atoms with E-state index < -0.39 is 11.3 Å². The fourth-order valence-corrected chi connectivity index (χ4v) is 6.32. The molecule has 160 valence electrons. The van der Waals surface area contributed by atoms with Crippen molar-refractivity contribution in [1.82, 2.24) is 0 Å². The molecule has 4 aliphatic rings. The van der Waals surface area contributed by atoms with Crippen LogP contribution in [0.15, 0.2) is 72.8 Å². The summed E-state index contributed by atoms with van der Waals surface area (Å²) in [5, 5.41) is 0. The number of carbonyl (C=O) groups excluding carboxylic acids is 2. The van der Waals surface area contributed by atoms with Crippen LogP contribution in [-0.2, 0) is 15.0 Å². The van der Waals surface area contributed by atoms with Crippen LogP contribution in [0.25, 0.3) is 0 Å². The third-order valence-corrected chi connectivity index (χ3v) is 7.61. The van der Waals surface area contributed by atoms with E-state index in [0.29, 0.717) is 12.3 Å². The Labute approximate surface area is 187 Å². The highest BCUT2D eigenvalue weighted by Crippen LogP contribution is 2.64. The largest absolute Gasteiger partial charge is 0.494 e. The van der Waals surface area contributed by atoms with Gasteiger partial charge >= 0.3 is 0 Å². The number of benzene rings is 3. The van der Waals surface area contributed by atoms with Crippen LogP contribution in [-0.4, -0.2) is 18.4 Å². The predicted molar refractivity (Wildman–Crippen MR) is 123 cm³/mol. The molecule has 0 spiro atoms. The Morgan fingerprint density at radius 3 is 2.03 bits per heavy atom. The molecule has 4 heteroatoms. The van der Waals surface area contributed by atoms with E-state index >= 15 is 0 Å². The highest BCUT2D eigenvalue weighted by molar-refractivity contribution is 6.23. The first-order chi connectivity index (χ1) is 15.6. The molecule has 1 fully saturated rings. The Morgan fingerprint density at radius 2 is 1.44 bits per heavy atom. The normalized spacial score (nSPS) is 27.2. The van der Waals surface area contributed by atoms with Crippen LogP contribution in [0.2, 0.25) is 0 Å². The molecule has 0 saturated carbocycles. The van der Waals surface area contributed by atoms with E-state index in [4.69, 9.17) is 4.74 Å². The van der Waals surface area contributed by atoms with Crippen molar-refractivity contribution in [2.24, 2.45) is 11.8 Å².